The Morgan fingerprint density at radius 3 is 2.95 bits per heavy atom. The molecule has 0 bridgehead atoms. The van der Waals surface area contributed by atoms with E-state index < -0.39 is 10.0 Å². The Kier molecular flexibility index (Phi) is 5.37. The summed E-state index contributed by atoms with van der Waals surface area (Å²) in [4.78, 5) is 1.38. The molecule has 0 aromatic carbocycles. The summed E-state index contributed by atoms with van der Waals surface area (Å²) in [5.41, 5.74) is 1.13. The smallest absolute Gasteiger partial charge is 0.244 e. The van der Waals surface area contributed by atoms with Crippen LogP contribution in [0.1, 0.15) is 31.6 Å². The van der Waals surface area contributed by atoms with Gasteiger partial charge >= 0.3 is 0 Å². The fourth-order valence-electron chi connectivity index (χ4n) is 2.29. The van der Waals surface area contributed by atoms with Gasteiger partial charge in [-0.3, -0.25) is 0 Å². The van der Waals surface area contributed by atoms with Crippen LogP contribution in [0.15, 0.2) is 28.0 Å². The lowest BCUT2D eigenvalue weighted by Crippen LogP contribution is -2.35. The SMILES string of the molecule is CCCNCc1sccc1S(=O)(=O)N1CCC=C(C)C1. The zero-order valence-electron chi connectivity index (χ0n) is 12.1. The lowest BCUT2D eigenvalue weighted by molar-refractivity contribution is 0.427. The van der Waals surface area contributed by atoms with Crippen LogP contribution in [-0.4, -0.2) is 32.4 Å². The highest BCUT2D eigenvalue weighted by Gasteiger charge is 2.28. The molecule has 0 fully saturated rings. The standard InChI is InChI=1S/C14H22N2O2S2/c1-3-7-15-10-13-14(6-9-19-13)20(17,18)16-8-4-5-12(2)11-16/h5-6,9,15H,3-4,7-8,10-11H2,1-2H3. The zero-order valence-corrected chi connectivity index (χ0v) is 13.7. The van der Waals surface area contributed by atoms with Gasteiger partial charge in [-0.25, -0.2) is 8.42 Å². The van der Waals surface area contributed by atoms with E-state index in [1.807, 2.05) is 12.3 Å². The maximum Gasteiger partial charge on any atom is 0.244 e. The Hall–Kier alpha value is -0.690. The lowest BCUT2D eigenvalue weighted by atomic mass is 10.2. The lowest BCUT2D eigenvalue weighted by Gasteiger charge is -2.25. The van der Waals surface area contributed by atoms with Crippen molar-refractivity contribution in [2.45, 2.75) is 38.1 Å². The van der Waals surface area contributed by atoms with Crippen molar-refractivity contribution in [2.24, 2.45) is 0 Å². The molecule has 112 valence electrons. The molecule has 1 aromatic heterocycles. The fraction of sp³-hybridized carbons (Fsp3) is 0.571. The van der Waals surface area contributed by atoms with Gasteiger partial charge in [0.15, 0.2) is 0 Å². The Morgan fingerprint density at radius 2 is 2.25 bits per heavy atom. The number of hydrogen-bond acceptors (Lipinski definition) is 4. The molecule has 0 radical (unpaired) electrons. The molecule has 1 aromatic rings. The summed E-state index contributed by atoms with van der Waals surface area (Å²) in [6, 6.07) is 1.73. The molecular weight excluding hydrogens is 292 g/mol. The first kappa shape index (κ1) is 15.7. The van der Waals surface area contributed by atoms with Crippen LogP contribution in [0.3, 0.4) is 0 Å². The molecule has 2 heterocycles. The van der Waals surface area contributed by atoms with Crippen molar-refractivity contribution in [2.75, 3.05) is 19.6 Å². The van der Waals surface area contributed by atoms with Gasteiger partial charge in [-0.15, -0.1) is 11.3 Å². The predicted molar refractivity (Wildman–Crippen MR) is 83.4 cm³/mol. The fourth-order valence-corrected chi connectivity index (χ4v) is 5.17. The van der Waals surface area contributed by atoms with Gasteiger partial charge in [-0.1, -0.05) is 18.6 Å². The van der Waals surface area contributed by atoms with Crippen molar-refractivity contribution in [3.8, 4) is 0 Å². The highest BCUT2D eigenvalue weighted by atomic mass is 32.2. The molecule has 1 N–H and O–H groups in total. The maximum absolute atomic E-state index is 12.7. The van der Waals surface area contributed by atoms with Crippen LogP contribution < -0.4 is 5.32 Å². The molecule has 0 atom stereocenters. The average Bonchev–Trinajstić information content (AvgIpc) is 2.88. The molecule has 0 saturated carbocycles. The van der Waals surface area contributed by atoms with E-state index in [9.17, 15) is 8.42 Å². The Morgan fingerprint density at radius 1 is 1.45 bits per heavy atom. The minimum Gasteiger partial charge on any atom is -0.312 e. The monoisotopic (exact) mass is 314 g/mol. The van der Waals surface area contributed by atoms with Crippen molar-refractivity contribution in [3.63, 3.8) is 0 Å². The zero-order chi connectivity index (χ0) is 14.6. The van der Waals surface area contributed by atoms with E-state index in [0.29, 0.717) is 24.5 Å². The minimum atomic E-state index is -3.36. The van der Waals surface area contributed by atoms with Gasteiger partial charge in [0.25, 0.3) is 0 Å². The number of nitrogens with zero attached hydrogens (tertiary/aromatic N) is 1. The number of hydrogen-bond donors (Lipinski definition) is 1. The van der Waals surface area contributed by atoms with Crippen LogP contribution in [0.5, 0.6) is 0 Å². The normalized spacial score (nSPS) is 17.2. The summed E-state index contributed by atoms with van der Waals surface area (Å²) in [6.45, 7) is 6.71. The van der Waals surface area contributed by atoms with Crippen molar-refractivity contribution in [1.82, 2.24) is 9.62 Å². The summed E-state index contributed by atoms with van der Waals surface area (Å²) in [7, 11) is -3.36. The molecule has 4 nitrogen and oxygen atoms in total. The van der Waals surface area contributed by atoms with Crippen LogP contribution >= 0.6 is 11.3 Å². The molecule has 0 saturated heterocycles. The van der Waals surface area contributed by atoms with Crippen molar-refractivity contribution in [1.29, 1.82) is 0 Å². The Labute approximate surface area is 125 Å². The largest absolute Gasteiger partial charge is 0.312 e. The molecule has 6 heteroatoms. The quantitative estimate of drug-likeness (QED) is 0.648. The second kappa shape index (κ2) is 6.85. The van der Waals surface area contributed by atoms with E-state index in [4.69, 9.17) is 0 Å². The third-order valence-electron chi connectivity index (χ3n) is 3.33. The van der Waals surface area contributed by atoms with Crippen LogP contribution in [-0.2, 0) is 16.6 Å². The number of thiophene rings is 1. The van der Waals surface area contributed by atoms with Crippen LogP contribution in [0.25, 0.3) is 0 Å². The number of rotatable bonds is 6. The van der Waals surface area contributed by atoms with E-state index in [0.717, 1.165) is 29.8 Å². The Bertz CT molecular complexity index is 576. The topological polar surface area (TPSA) is 49.4 Å². The van der Waals surface area contributed by atoms with E-state index in [1.54, 1.807) is 10.4 Å². The third-order valence-corrected chi connectivity index (χ3v) is 6.31. The summed E-state index contributed by atoms with van der Waals surface area (Å²) in [5, 5.41) is 5.14. The molecule has 0 aliphatic carbocycles. The molecule has 1 aliphatic heterocycles. The molecule has 1 aliphatic rings. The minimum absolute atomic E-state index is 0.473. The first-order valence-corrected chi connectivity index (χ1v) is 9.30. The second-order valence-corrected chi connectivity index (χ2v) is 7.97. The van der Waals surface area contributed by atoms with Gasteiger partial charge < -0.3 is 5.32 Å². The average molecular weight is 314 g/mol. The van der Waals surface area contributed by atoms with Crippen molar-refractivity contribution < 1.29 is 8.42 Å². The highest BCUT2D eigenvalue weighted by Crippen LogP contribution is 2.27. The van der Waals surface area contributed by atoms with Crippen LogP contribution in [0.4, 0.5) is 0 Å². The summed E-state index contributed by atoms with van der Waals surface area (Å²) in [5.74, 6) is 0. The molecule has 0 unspecified atom stereocenters. The van der Waals surface area contributed by atoms with E-state index in [-0.39, 0.29) is 0 Å². The third kappa shape index (κ3) is 3.49. The van der Waals surface area contributed by atoms with Gasteiger partial charge in [-0.2, -0.15) is 4.31 Å². The Balaban J connectivity index is 2.17. The van der Waals surface area contributed by atoms with Crippen molar-refractivity contribution >= 4 is 21.4 Å². The predicted octanol–water partition coefficient (Wildman–Crippen LogP) is 2.59. The summed E-state index contributed by atoms with van der Waals surface area (Å²) in [6.07, 6.45) is 3.96. The number of nitrogens with one attached hydrogen (secondary N) is 1. The van der Waals surface area contributed by atoms with E-state index in [2.05, 4.69) is 18.3 Å². The summed E-state index contributed by atoms with van der Waals surface area (Å²) < 4.78 is 27.0. The molecule has 0 spiro atoms. The van der Waals surface area contributed by atoms with Gasteiger partial charge in [0, 0.05) is 24.5 Å². The number of sulfonamides is 1. The first-order chi connectivity index (χ1) is 9.55. The molecular formula is C14H22N2O2S2. The van der Waals surface area contributed by atoms with Gasteiger partial charge in [0.1, 0.15) is 0 Å². The van der Waals surface area contributed by atoms with Crippen LogP contribution in [0, 0.1) is 0 Å². The van der Waals surface area contributed by atoms with E-state index in [1.165, 1.54) is 11.3 Å². The van der Waals surface area contributed by atoms with Gasteiger partial charge in [-0.05, 0) is 37.8 Å². The van der Waals surface area contributed by atoms with Gasteiger partial charge in [0.2, 0.25) is 10.0 Å². The van der Waals surface area contributed by atoms with Crippen molar-refractivity contribution in [3.05, 3.63) is 28.0 Å². The highest BCUT2D eigenvalue weighted by molar-refractivity contribution is 7.89. The first-order valence-electron chi connectivity index (χ1n) is 6.98. The van der Waals surface area contributed by atoms with E-state index >= 15 is 0 Å². The maximum atomic E-state index is 12.7. The van der Waals surface area contributed by atoms with Gasteiger partial charge in [0.05, 0.1) is 4.90 Å². The summed E-state index contributed by atoms with van der Waals surface area (Å²) >= 11 is 1.51. The molecule has 2 rings (SSSR count). The molecule has 20 heavy (non-hydrogen) atoms. The van der Waals surface area contributed by atoms with Crippen LogP contribution in [0.2, 0.25) is 0 Å². The molecule has 0 amide bonds. The second-order valence-electron chi connectivity index (χ2n) is 5.06.